The standard InChI is InChI=1S/C19H26N2O/c1-12-8-9-16-17(10-12)20-15(4)19(16)18(22)11-21-13(2)6-5-7-14(21)3/h8-10,13-14,20H,5-7,11H2,1-4H3. The van der Waals surface area contributed by atoms with E-state index in [9.17, 15) is 4.79 Å². The summed E-state index contributed by atoms with van der Waals surface area (Å²) in [4.78, 5) is 18.7. The van der Waals surface area contributed by atoms with Crippen LogP contribution in [0.1, 0.15) is 54.7 Å². The van der Waals surface area contributed by atoms with Crippen molar-refractivity contribution in [1.82, 2.24) is 9.88 Å². The van der Waals surface area contributed by atoms with Gasteiger partial charge in [0.05, 0.1) is 6.54 Å². The maximum atomic E-state index is 12.9. The number of aryl methyl sites for hydroxylation is 2. The van der Waals surface area contributed by atoms with Gasteiger partial charge in [-0.15, -0.1) is 0 Å². The van der Waals surface area contributed by atoms with Gasteiger partial charge in [0.15, 0.2) is 5.78 Å². The van der Waals surface area contributed by atoms with Crippen molar-refractivity contribution >= 4 is 16.7 Å². The molecule has 0 aliphatic carbocycles. The predicted octanol–water partition coefficient (Wildman–Crippen LogP) is 4.23. The summed E-state index contributed by atoms with van der Waals surface area (Å²) in [6, 6.07) is 7.27. The van der Waals surface area contributed by atoms with Gasteiger partial charge < -0.3 is 4.98 Å². The van der Waals surface area contributed by atoms with Crippen LogP contribution in [0.25, 0.3) is 10.9 Å². The number of H-pyrrole nitrogens is 1. The summed E-state index contributed by atoms with van der Waals surface area (Å²) in [5, 5.41) is 1.06. The van der Waals surface area contributed by atoms with Gasteiger partial charge in [0.2, 0.25) is 0 Å². The minimum atomic E-state index is 0.244. The summed E-state index contributed by atoms with van der Waals surface area (Å²) in [7, 11) is 0. The van der Waals surface area contributed by atoms with E-state index in [4.69, 9.17) is 0 Å². The first-order valence-corrected chi connectivity index (χ1v) is 8.35. The number of aromatic nitrogens is 1. The molecule has 0 spiro atoms. The highest BCUT2D eigenvalue weighted by Crippen LogP contribution is 2.26. The molecule has 0 radical (unpaired) electrons. The second-order valence-electron chi connectivity index (χ2n) is 6.90. The van der Waals surface area contributed by atoms with Crippen molar-refractivity contribution in [3.05, 3.63) is 35.0 Å². The van der Waals surface area contributed by atoms with Crippen LogP contribution in [0.4, 0.5) is 0 Å². The normalized spacial score (nSPS) is 23.1. The van der Waals surface area contributed by atoms with Gasteiger partial charge >= 0.3 is 0 Å². The molecule has 22 heavy (non-hydrogen) atoms. The lowest BCUT2D eigenvalue weighted by atomic mass is 9.96. The number of likely N-dealkylation sites (tertiary alicyclic amines) is 1. The van der Waals surface area contributed by atoms with Crippen LogP contribution in [0, 0.1) is 13.8 Å². The Labute approximate surface area is 132 Å². The lowest BCUT2D eigenvalue weighted by Gasteiger charge is -2.38. The number of benzene rings is 1. The average molecular weight is 298 g/mol. The molecule has 1 fully saturated rings. The second-order valence-corrected chi connectivity index (χ2v) is 6.90. The van der Waals surface area contributed by atoms with Gasteiger partial charge in [0.1, 0.15) is 0 Å². The highest BCUT2D eigenvalue weighted by Gasteiger charge is 2.28. The molecule has 2 heterocycles. The molecule has 1 saturated heterocycles. The lowest BCUT2D eigenvalue weighted by molar-refractivity contribution is 0.0735. The third-order valence-electron chi connectivity index (χ3n) is 5.12. The van der Waals surface area contributed by atoms with Crippen LogP contribution in [0.3, 0.4) is 0 Å². The largest absolute Gasteiger partial charge is 0.358 e. The number of fused-ring (bicyclic) bond motifs is 1. The number of hydrogen-bond donors (Lipinski definition) is 1. The number of carbonyl (C=O) groups is 1. The van der Waals surface area contributed by atoms with Gasteiger partial charge in [0.25, 0.3) is 0 Å². The zero-order valence-corrected chi connectivity index (χ0v) is 14.1. The topological polar surface area (TPSA) is 36.1 Å². The van der Waals surface area contributed by atoms with E-state index in [1.165, 1.54) is 24.8 Å². The molecule has 3 nitrogen and oxygen atoms in total. The molecule has 1 N–H and O–H groups in total. The molecular formula is C19H26N2O. The van der Waals surface area contributed by atoms with Crippen LogP contribution < -0.4 is 0 Å². The monoisotopic (exact) mass is 298 g/mol. The predicted molar refractivity (Wildman–Crippen MR) is 91.6 cm³/mol. The summed E-state index contributed by atoms with van der Waals surface area (Å²) in [5.74, 6) is 0.244. The van der Waals surface area contributed by atoms with Crippen molar-refractivity contribution in [2.24, 2.45) is 0 Å². The number of ketones is 1. The van der Waals surface area contributed by atoms with E-state index in [-0.39, 0.29) is 5.78 Å². The smallest absolute Gasteiger partial charge is 0.179 e. The molecule has 1 aromatic carbocycles. The quantitative estimate of drug-likeness (QED) is 0.861. The van der Waals surface area contributed by atoms with Crippen LogP contribution >= 0.6 is 0 Å². The fourth-order valence-electron chi connectivity index (χ4n) is 3.84. The summed E-state index contributed by atoms with van der Waals surface area (Å²) in [6.45, 7) is 9.10. The summed E-state index contributed by atoms with van der Waals surface area (Å²) in [6.07, 6.45) is 3.67. The summed E-state index contributed by atoms with van der Waals surface area (Å²) < 4.78 is 0. The fraction of sp³-hybridized carbons (Fsp3) is 0.526. The van der Waals surface area contributed by atoms with E-state index in [1.54, 1.807) is 0 Å². The number of piperidine rings is 1. The van der Waals surface area contributed by atoms with E-state index in [2.05, 4.69) is 48.9 Å². The minimum absolute atomic E-state index is 0.244. The Morgan fingerprint density at radius 1 is 1.23 bits per heavy atom. The molecule has 3 heteroatoms. The number of Topliss-reactive ketones (excluding diaryl/α,β-unsaturated/α-hetero) is 1. The molecule has 3 rings (SSSR count). The molecular weight excluding hydrogens is 272 g/mol. The van der Waals surface area contributed by atoms with Gasteiger partial charge in [-0.3, -0.25) is 9.69 Å². The van der Waals surface area contributed by atoms with E-state index < -0.39 is 0 Å². The van der Waals surface area contributed by atoms with Crippen LogP contribution in [0.15, 0.2) is 18.2 Å². The summed E-state index contributed by atoms with van der Waals surface area (Å²) in [5.41, 5.74) is 4.15. The summed E-state index contributed by atoms with van der Waals surface area (Å²) >= 11 is 0. The fourth-order valence-corrected chi connectivity index (χ4v) is 3.84. The minimum Gasteiger partial charge on any atom is -0.358 e. The van der Waals surface area contributed by atoms with Gasteiger partial charge in [-0.2, -0.15) is 0 Å². The third kappa shape index (κ3) is 2.70. The second kappa shape index (κ2) is 5.88. The Kier molecular flexibility index (Phi) is 4.09. The maximum absolute atomic E-state index is 12.9. The van der Waals surface area contributed by atoms with Crippen LogP contribution in [-0.2, 0) is 0 Å². The first-order valence-electron chi connectivity index (χ1n) is 8.35. The zero-order valence-electron chi connectivity index (χ0n) is 14.1. The third-order valence-corrected chi connectivity index (χ3v) is 5.12. The molecule has 0 amide bonds. The van der Waals surface area contributed by atoms with Gasteiger partial charge in [-0.25, -0.2) is 0 Å². The van der Waals surface area contributed by atoms with E-state index in [0.29, 0.717) is 18.6 Å². The molecule has 0 bridgehead atoms. The zero-order chi connectivity index (χ0) is 15.9. The van der Waals surface area contributed by atoms with Gasteiger partial charge in [-0.1, -0.05) is 18.6 Å². The first-order chi connectivity index (χ1) is 10.5. The highest BCUT2D eigenvalue weighted by molar-refractivity contribution is 6.10. The van der Waals surface area contributed by atoms with Crippen molar-refractivity contribution < 1.29 is 4.79 Å². The molecule has 1 aliphatic rings. The number of hydrogen-bond acceptors (Lipinski definition) is 2. The van der Waals surface area contributed by atoms with Gasteiger partial charge in [-0.05, 0) is 52.2 Å². The van der Waals surface area contributed by atoms with E-state index >= 15 is 0 Å². The van der Waals surface area contributed by atoms with Crippen molar-refractivity contribution in [1.29, 1.82) is 0 Å². The van der Waals surface area contributed by atoms with Crippen molar-refractivity contribution in [2.75, 3.05) is 6.54 Å². The Balaban J connectivity index is 1.90. The molecule has 2 unspecified atom stereocenters. The highest BCUT2D eigenvalue weighted by atomic mass is 16.1. The Morgan fingerprint density at radius 2 is 1.91 bits per heavy atom. The van der Waals surface area contributed by atoms with Crippen LogP contribution in [-0.4, -0.2) is 34.3 Å². The Bertz CT molecular complexity index is 691. The maximum Gasteiger partial charge on any atom is 0.179 e. The van der Waals surface area contributed by atoms with E-state index in [0.717, 1.165) is 22.2 Å². The number of aromatic amines is 1. The molecule has 0 saturated carbocycles. The van der Waals surface area contributed by atoms with Gasteiger partial charge in [0, 0.05) is 34.2 Å². The number of rotatable bonds is 3. The van der Waals surface area contributed by atoms with Crippen molar-refractivity contribution in [3.63, 3.8) is 0 Å². The number of nitrogens with one attached hydrogen (secondary N) is 1. The Hall–Kier alpha value is -1.61. The SMILES string of the molecule is Cc1ccc2c(C(=O)CN3C(C)CCCC3C)c(C)[nH]c2c1. The first kappa shape index (κ1) is 15.3. The van der Waals surface area contributed by atoms with Crippen LogP contribution in [0.5, 0.6) is 0 Å². The Morgan fingerprint density at radius 3 is 2.59 bits per heavy atom. The number of carbonyl (C=O) groups excluding carboxylic acids is 1. The molecule has 2 atom stereocenters. The average Bonchev–Trinajstić information content (AvgIpc) is 2.78. The van der Waals surface area contributed by atoms with Crippen molar-refractivity contribution in [3.8, 4) is 0 Å². The lowest BCUT2D eigenvalue weighted by Crippen LogP contribution is -2.46. The van der Waals surface area contributed by atoms with Crippen LogP contribution in [0.2, 0.25) is 0 Å². The molecule has 2 aromatic rings. The number of nitrogens with zero attached hydrogens (tertiary/aromatic N) is 1. The van der Waals surface area contributed by atoms with E-state index in [1.807, 2.05) is 6.92 Å². The van der Waals surface area contributed by atoms with Crippen molar-refractivity contribution in [2.45, 2.75) is 59.0 Å². The molecule has 1 aliphatic heterocycles. The molecule has 1 aromatic heterocycles. The molecule has 118 valence electrons.